The van der Waals surface area contributed by atoms with E-state index in [0.717, 1.165) is 24.0 Å². The largest absolute Gasteiger partial charge is 0.506 e. The fraction of sp³-hybridized carbons (Fsp3) is 0.143. The lowest BCUT2D eigenvalue weighted by atomic mass is 10.0. The zero-order valence-electron chi connectivity index (χ0n) is 9.46. The molecule has 0 amide bonds. The van der Waals surface area contributed by atoms with E-state index < -0.39 is 0 Å². The summed E-state index contributed by atoms with van der Waals surface area (Å²) in [6.07, 6.45) is 1.56. The highest BCUT2D eigenvalue weighted by Gasteiger charge is 2.06. The maximum absolute atomic E-state index is 13.0. The second-order valence-electron chi connectivity index (χ2n) is 4.04. The molecule has 94 valence electrons. The van der Waals surface area contributed by atoms with Crippen LogP contribution in [0, 0.1) is 5.82 Å². The van der Waals surface area contributed by atoms with Crippen molar-refractivity contribution in [1.82, 2.24) is 0 Å². The van der Waals surface area contributed by atoms with Gasteiger partial charge in [-0.2, -0.15) is 0 Å². The normalized spacial score (nSPS) is 10.6. The summed E-state index contributed by atoms with van der Waals surface area (Å²) >= 11 is 6.59. The van der Waals surface area contributed by atoms with Gasteiger partial charge in [0, 0.05) is 0 Å². The molecule has 2 rings (SSSR count). The molecular formula is C14H11Br2FO. The van der Waals surface area contributed by atoms with Crippen LogP contribution in [0.15, 0.2) is 45.3 Å². The first-order chi connectivity index (χ1) is 8.56. The van der Waals surface area contributed by atoms with E-state index in [-0.39, 0.29) is 11.6 Å². The number of rotatable bonds is 3. The molecule has 2 aromatic carbocycles. The highest BCUT2D eigenvalue weighted by atomic mass is 79.9. The van der Waals surface area contributed by atoms with Gasteiger partial charge >= 0.3 is 0 Å². The van der Waals surface area contributed by atoms with Gasteiger partial charge in [0.1, 0.15) is 11.6 Å². The van der Waals surface area contributed by atoms with Gasteiger partial charge in [0.15, 0.2) is 0 Å². The van der Waals surface area contributed by atoms with E-state index in [1.54, 1.807) is 12.1 Å². The van der Waals surface area contributed by atoms with Gasteiger partial charge in [-0.3, -0.25) is 0 Å². The molecule has 0 aliphatic heterocycles. The third-order valence-electron chi connectivity index (χ3n) is 2.67. The van der Waals surface area contributed by atoms with Crippen molar-refractivity contribution < 1.29 is 9.50 Å². The molecule has 1 N–H and O–H groups in total. The fourth-order valence-corrected chi connectivity index (χ4v) is 3.02. The average Bonchev–Trinajstić information content (AvgIpc) is 2.33. The average molecular weight is 374 g/mol. The zero-order valence-corrected chi connectivity index (χ0v) is 12.6. The third kappa shape index (κ3) is 3.33. The number of hydrogen-bond donors (Lipinski definition) is 1. The van der Waals surface area contributed by atoms with Crippen molar-refractivity contribution in [3.05, 3.63) is 62.3 Å². The summed E-state index contributed by atoms with van der Waals surface area (Å²) in [6.45, 7) is 0. The quantitative estimate of drug-likeness (QED) is 0.815. The minimum Gasteiger partial charge on any atom is -0.506 e. The van der Waals surface area contributed by atoms with Crippen molar-refractivity contribution >= 4 is 31.9 Å². The highest BCUT2D eigenvalue weighted by molar-refractivity contribution is 9.11. The van der Waals surface area contributed by atoms with Crippen molar-refractivity contribution in [1.29, 1.82) is 0 Å². The molecular weight excluding hydrogens is 363 g/mol. The van der Waals surface area contributed by atoms with Gasteiger partial charge in [-0.1, -0.05) is 12.1 Å². The van der Waals surface area contributed by atoms with Crippen molar-refractivity contribution in [2.45, 2.75) is 12.8 Å². The van der Waals surface area contributed by atoms with E-state index in [2.05, 4.69) is 31.9 Å². The number of aryl methyl sites for hydroxylation is 2. The Morgan fingerprint density at radius 3 is 2.17 bits per heavy atom. The van der Waals surface area contributed by atoms with E-state index in [9.17, 15) is 9.50 Å². The van der Waals surface area contributed by atoms with Crippen molar-refractivity contribution in [3.8, 4) is 5.75 Å². The van der Waals surface area contributed by atoms with Crippen LogP contribution in [0.1, 0.15) is 11.1 Å². The molecule has 0 unspecified atom stereocenters. The second-order valence-corrected chi connectivity index (χ2v) is 5.75. The standard InChI is InChI=1S/C14H11Br2FO/c15-12-7-10(8-13(16)14(12)18)5-4-9-2-1-3-11(17)6-9/h1-3,6-8,18H,4-5H2. The van der Waals surface area contributed by atoms with E-state index >= 15 is 0 Å². The van der Waals surface area contributed by atoms with Crippen LogP contribution in [-0.4, -0.2) is 5.11 Å². The monoisotopic (exact) mass is 372 g/mol. The molecule has 0 aliphatic carbocycles. The highest BCUT2D eigenvalue weighted by Crippen LogP contribution is 2.33. The summed E-state index contributed by atoms with van der Waals surface area (Å²) in [7, 11) is 0. The number of halogens is 3. The summed E-state index contributed by atoms with van der Waals surface area (Å²) < 4.78 is 14.3. The first kappa shape index (κ1) is 13.6. The Balaban J connectivity index is 2.11. The van der Waals surface area contributed by atoms with Crippen LogP contribution in [0.25, 0.3) is 0 Å². The molecule has 0 aliphatic rings. The Kier molecular flexibility index (Phi) is 4.40. The predicted molar refractivity (Wildman–Crippen MR) is 77.3 cm³/mol. The smallest absolute Gasteiger partial charge is 0.143 e. The SMILES string of the molecule is Oc1c(Br)cc(CCc2cccc(F)c2)cc1Br. The van der Waals surface area contributed by atoms with E-state index in [0.29, 0.717) is 8.95 Å². The van der Waals surface area contributed by atoms with E-state index in [4.69, 9.17) is 0 Å². The Morgan fingerprint density at radius 2 is 1.56 bits per heavy atom. The lowest BCUT2D eigenvalue weighted by Gasteiger charge is -2.06. The van der Waals surface area contributed by atoms with Gasteiger partial charge in [0.2, 0.25) is 0 Å². The van der Waals surface area contributed by atoms with Crippen LogP contribution in [-0.2, 0) is 12.8 Å². The molecule has 0 fully saturated rings. The topological polar surface area (TPSA) is 20.2 Å². The summed E-state index contributed by atoms with van der Waals surface area (Å²) in [6, 6.07) is 10.4. The first-order valence-electron chi connectivity index (χ1n) is 5.47. The molecule has 18 heavy (non-hydrogen) atoms. The Bertz CT molecular complexity index is 546. The summed E-state index contributed by atoms with van der Waals surface area (Å²) in [4.78, 5) is 0. The van der Waals surface area contributed by atoms with Crippen LogP contribution in [0.5, 0.6) is 5.75 Å². The van der Waals surface area contributed by atoms with Gasteiger partial charge < -0.3 is 5.11 Å². The summed E-state index contributed by atoms with van der Waals surface area (Å²) in [5.41, 5.74) is 2.05. The molecule has 0 bridgehead atoms. The number of benzene rings is 2. The molecule has 0 saturated carbocycles. The summed E-state index contributed by atoms with van der Waals surface area (Å²) in [5.74, 6) is -0.00919. The molecule has 0 heterocycles. The fourth-order valence-electron chi connectivity index (χ4n) is 1.74. The molecule has 4 heteroatoms. The van der Waals surface area contributed by atoms with Crippen LogP contribution >= 0.6 is 31.9 Å². The predicted octanol–water partition coefficient (Wildman–Crippen LogP) is 4.84. The van der Waals surface area contributed by atoms with Gasteiger partial charge in [0.05, 0.1) is 8.95 Å². The second kappa shape index (κ2) is 5.85. The van der Waals surface area contributed by atoms with Crippen molar-refractivity contribution in [2.24, 2.45) is 0 Å². The summed E-state index contributed by atoms with van der Waals surface area (Å²) in [5, 5.41) is 9.61. The minimum absolute atomic E-state index is 0.199. The lowest BCUT2D eigenvalue weighted by molar-refractivity contribution is 0.468. The number of hydrogen-bond acceptors (Lipinski definition) is 1. The number of phenolic OH excluding ortho intramolecular Hbond substituents is 1. The number of phenols is 1. The molecule has 0 spiro atoms. The van der Waals surface area contributed by atoms with E-state index in [1.165, 1.54) is 6.07 Å². The Morgan fingerprint density at radius 1 is 0.944 bits per heavy atom. The van der Waals surface area contributed by atoms with Crippen molar-refractivity contribution in [3.63, 3.8) is 0 Å². The molecule has 1 nitrogen and oxygen atoms in total. The lowest BCUT2D eigenvalue weighted by Crippen LogP contribution is -1.92. The molecule has 0 radical (unpaired) electrons. The molecule has 2 aromatic rings. The van der Waals surface area contributed by atoms with Gasteiger partial charge in [-0.25, -0.2) is 4.39 Å². The Hall–Kier alpha value is -0.870. The minimum atomic E-state index is -0.208. The number of aromatic hydroxyl groups is 1. The molecule has 0 saturated heterocycles. The van der Waals surface area contributed by atoms with E-state index in [1.807, 2.05) is 18.2 Å². The molecule has 0 aromatic heterocycles. The molecule has 0 atom stereocenters. The third-order valence-corrected chi connectivity index (χ3v) is 3.88. The zero-order chi connectivity index (χ0) is 13.1. The first-order valence-corrected chi connectivity index (χ1v) is 7.06. The Labute approximate surface area is 122 Å². The maximum atomic E-state index is 13.0. The van der Waals surface area contributed by atoms with Gasteiger partial charge in [0.25, 0.3) is 0 Å². The van der Waals surface area contributed by atoms with Crippen LogP contribution < -0.4 is 0 Å². The van der Waals surface area contributed by atoms with Crippen LogP contribution in [0.2, 0.25) is 0 Å². The maximum Gasteiger partial charge on any atom is 0.143 e. The van der Waals surface area contributed by atoms with Gasteiger partial charge in [-0.05, 0) is 80.1 Å². The van der Waals surface area contributed by atoms with Gasteiger partial charge in [-0.15, -0.1) is 0 Å². The van der Waals surface area contributed by atoms with Crippen LogP contribution in [0.4, 0.5) is 4.39 Å². The van der Waals surface area contributed by atoms with Crippen LogP contribution in [0.3, 0.4) is 0 Å². The van der Waals surface area contributed by atoms with Crippen molar-refractivity contribution in [2.75, 3.05) is 0 Å².